The number of aromatic nitrogens is 2. The molecule has 0 aromatic carbocycles. The molecule has 0 aliphatic heterocycles. The van der Waals surface area contributed by atoms with Gasteiger partial charge in [-0.05, 0) is 34.8 Å². The van der Waals surface area contributed by atoms with Crippen molar-refractivity contribution in [2.24, 2.45) is 0 Å². The largest absolute Gasteiger partial charge is 0.263 e. The molecule has 0 spiro atoms. The SMILES string of the molecule is Brc1cncc(-c2nc(C3CC3)cs2)c1. The standard InChI is InChI=1S/C11H9BrN2S/c12-9-3-8(4-13-5-9)11-14-10(6-15-11)7-1-2-7/h3-7H,1-2H2. The zero-order chi connectivity index (χ0) is 10.3. The highest BCUT2D eigenvalue weighted by molar-refractivity contribution is 9.10. The van der Waals surface area contributed by atoms with Crippen LogP contribution in [0.15, 0.2) is 28.3 Å². The Morgan fingerprint density at radius 3 is 2.93 bits per heavy atom. The first kappa shape index (κ1) is 9.48. The zero-order valence-corrected chi connectivity index (χ0v) is 10.4. The Morgan fingerprint density at radius 1 is 1.33 bits per heavy atom. The maximum Gasteiger partial charge on any atom is 0.125 e. The minimum Gasteiger partial charge on any atom is -0.263 e. The second kappa shape index (κ2) is 3.68. The molecule has 0 bridgehead atoms. The van der Waals surface area contributed by atoms with E-state index in [1.807, 2.05) is 6.20 Å². The highest BCUT2D eigenvalue weighted by Gasteiger charge is 2.26. The second-order valence-corrected chi connectivity index (χ2v) is 5.52. The molecule has 0 N–H and O–H groups in total. The Labute approximate surface area is 101 Å². The van der Waals surface area contributed by atoms with Crippen molar-refractivity contribution in [3.05, 3.63) is 34.0 Å². The van der Waals surface area contributed by atoms with E-state index < -0.39 is 0 Å². The fraction of sp³-hybridized carbons (Fsp3) is 0.273. The summed E-state index contributed by atoms with van der Waals surface area (Å²) < 4.78 is 1.00. The molecule has 2 aromatic heterocycles. The van der Waals surface area contributed by atoms with Crippen molar-refractivity contribution in [3.8, 4) is 10.6 Å². The smallest absolute Gasteiger partial charge is 0.125 e. The van der Waals surface area contributed by atoms with E-state index in [0.717, 1.165) is 21.0 Å². The maximum absolute atomic E-state index is 4.64. The van der Waals surface area contributed by atoms with Crippen LogP contribution >= 0.6 is 27.3 Å². The molecular weight excluding hydrogens is 272 g/mol. The summed E-state index contributed by atoms with van der Waals surface area (Å²) in [5.74, 6) is 0.732. The minimum atomic E-state index is 0.732. The third-order valence-electron chi connectivity index (χ3n) is 2.47. The van der Waals surface area contributed by atoms with Gasteiger partial charge < -0.3 is 0 Å². The van der Waals surface area contributed by atoms with Crippen LogP contribution in [0.1, 0.15) is 24.5 Å². The van der Waals surface area contributed by atoms with Gasteiger partial charge in [0.05, 0.1) is 5.69 Å². The van der Waals surface area contributed by atoms with Crippen molar-refractivity contribution in [1.29, 1.82) is 0 Å². The van der Waals surface area contributed by atoms with Crippen molar-refractivity contribution in [2.75, 3.05) is 0 Å². The minimum absolute atomic E-state index is 0.732. The molecular formula is C11H9BrN2S. The average molecular weight is 281 g/mol. The molecule has 2 nitrogen and oxygen atoms in total. The molecule has 0 atom stereocenters. The Morgan fingerprint density at radius 2 is 2.20 bits per heavy atom. The highest BCUT2D eigenvalue weighted by Crippen LogP contribution is 2.41. The van der Waals surface area contributed by atoms with Gasteiger partial charge in [-0.1, -0.05) is 0 Å². The van der Waals surface area contributed by atoms with Gasteiger partial charge in [0, 0.05) is 33.7 Å². The predicted octanol–water partition coefficient (Wildman–Crippen LogP) is 3.85. The van der Waals surface area contributed by atoms with E-state index in [1.165, 1.54) is 18.5 Å². The lowest BCUT2D eigenvalue weighted by molar-refractivity contribution is 1.05. The summed E-state index contributed by atoms with van der Waals surface area (Å²) in [7, 11) is 0. The molecule has 4 heteroatoms. The van der Waals surface area contributed by atoms with Crippen LogP contribution in [0.5, 0.6) is 0 Å². The Hall–Kier alpha value is -0.740. The summed E-state index contributed by atoms with van der Waals surface area (Å²) in [6, 6.07) is 2.06. The molecule has 2 heterocycles. The molecule has 76 valence electrons. The van der Waals surface area contributed by atoms with E-state index in [4.69, 9.17) is 0 Å². The van der Waals surface area contributed by atoms with Gasteiger partial charge in [-0.15, -0.1) is 11.3 Å². The Balaban J connectivity index is 1.97. The van der Waals surface area contributed by atoms with E-state index in [1.54, 1.807) is 17.5 Å². The van der Waals surface area contributed by atoms with Crippen molar-refractivity contribution in [2.45, 2.75) is 18.8 Å². The number of rotatable bonds is 2. The van der Waals surface area contributed by atoms with Crippen molar-refractivity contribution in [1.82, 2.24) is 9.97 Å². The molecule has 1 aliphatic rings. The summed E-state index contributed by atoms with van der Waals surface area (Å²) in [6.45, 7) is 0. The summed E-state index contributed by atoms with van der Waals surface area (Å²) >= 11 is 5.13. The molecule has 0 saturated heterocycles. The number of halogens is 1. The van der Waals surface area contributed by atoms with Gasteiger partial charge in [0.2, 0.25) is 0 Å². The first-order valence-corrected chi connectivity index (χ1v) is 6.56. The predicted molar refractivity (Wildman–Crippen MR) is 65.0 cm³/mol. The highest BCUT2D eigenvalue weighted by atomic mass is 79.9. The molecule has 1 aliphatic carbocycles. The van der Waals surface area contributed by atoms with Crippen LogP contribution in [-0.2, 0) is 0 Å². The molecule has 1 fully saturated rings. The van der Waals surface area contributed by atoms with Gasteiger partial charge in [0.1, 0.15) is 5.01 Å². The Bertz CT molecular complexity index is 491. The van der Waals surface area contributed by atoms with Gasteiger partial charge in [-0.3, -0.25) is 4.98 Å². The van der Waals surface area contributed by atoms with Gasteiger partial charge >= 0.3 is 0 Å². The van der Waals surface area contributed by atoms with E-state index in [-0.39, 0.29) is 0 Å². The summed E-state index contributed by atoms with van der Waals surface area (Å²) in [4.78, 5) is 8.79. The van der Waals surface area contributed by atoms with Gasteiger partial charge in [0.25, 0.3) is 0 Å². The summed E-state index contributed by atoms with van der Waals surface area (Å²) in [5, 5.41) is 3.25. The average Bonchev–Trinajstić information content (AvgIpc) is 2.97. The van der Waals surface area contributed by atoms with Crippen molar-refractivity contribution < 1.29 is 0 Å². The number of hydrogen-bond donors (Lipinski definition) is 0. The molecule has 0 radical (unpaired) electrons. The third kappa shape index (κ3) is 1.96. The Kier molecular flexibility index (Phi) is 2.33. The third-order valence-corrected chi connectivity index (χ3v) is 3.81. The molecule has 0 unspecified atom stereocenters. The second-order valence-electron chi connectivity index (χ2n) is 3.74. The molecule has 3 rings (SSSR count). The number of thiazole rings is 1. The van der Waals surface area contributed by atoms with Crippen LogP contribution < -0.4 is 0 Å². The van der Waals surface area contributed by atoms with Crippen molar-refractivity contribution in [3.63, 3.8) is 0 Å². The normalized spacial score (nSPS) is 15.5. The number of nitrogens with zero attached hydrogens (tertiary/aromatic N) is 2. The van der Waals surface area contributed by atoms with Gasteiger partial charge in [-0.25, -0.2) is 4.98 Å². The van der Waals surface area contributed by atoms with E-state index >= 15 is 0 Å². The number of hydrogen-bond acceptors (Lipinski definition) is 3. The van der Waals surface area contributed by atoms with E-state index in [9.17, 15) is 0 Å². The molecule has 0 amide bonds. The van der Waals surface area contributed by atoms with Crippen LogP contribution in [0.2, 0.25) is 0 Å². The van der Waals surface area contributed by atoms with Gasteiger partial charge in [-0.2, -0.15) is 0 Å². The maximum atomic E-state index is 4.64. The van der Waals surface area contributed by atoms with Crippen LogP contribution in [0.3, 0.4) is 0 Å². The molecule has 15 heavy (non-hydrogen) atoms. The quantitative estimate of drug-likeness (QED) is 0.835. The topological polar surface area (TPSA) is 25.8 Å². The fourth-order valence-electron chi connectivity index (χ4n) is 1.51. The summed E-state index contributed by atoms with van der Waals surface area (Å²) in [6.07, 6.45) is 6.26. The number of pyridine rings is 1. The van der Waals surface area contributed by atoms with Crippen LogP contribution in [-0.4, -0.2) is 9.97 Å². The zero-order valence-electron chi connectivity index (χ0n) is 7.98. The van der Waals surface area contributed by atoms with Crippen LogP contribution in [0.4, 0.5) is 0 Å². The van der Waals surface area contributed by atoms with E-state index in [2.05, 4.69) is 37.3 Å². The molecule has 2 aromatic rings. The monoisotopic (exact) mass is 280 g/mol. The lowest BCUT2D eigenvalue weighted by Gasteiger charge is -1.95. The van der Waals surface area contributed by atoms with Gasteiger partial charge in [0.15, 0.2) is 0 Å². The first-order valence-electron chi connectivity index (χ1n) is 4.89. The van der Waals surface area contributed by atoms with Crippen molar-refractivity contribution >= 4 is 27.3 Å². The lowest BCUT2D eigenvalue weighted by Crippen LogP contribution is -1.81. The lowest BCUT2D eigenvalue weighted by atomic mass is 10.3. The molecule has 1 saturated carbocycles. The summed E-state index contributed by atoms with van der Waals surface area (Å²) in [5.41, 5.74) is 2.36. The van der Waals surface area contributed by atoms with Crippen LogP contribution in [0.25, 0.3) is 10.6 Å². The van der Waals surface area contributed by atoms with Crippen LogP contribution in [0, 0.1) is 0 Å². The fourth-order valence-corrected chi connectivity index (χ4v) is 2.76. The van der Waals surface area contributed by atoms with E-state index in [0.29, 0.717) is 0 Å². The first-order chi connectivity index (χ1) is 7.33.